The second-order valence-corrected chi connectivity index (χ2v) is 7.49. The minimum atomic E-state index is -0.372. The zero-order valence-electron chi connectivity index (χ0n) is 15.4. The Kier molecular flexibility index (Phi) is 5.56. The zero-order valence-corrected chi connectivity index (χ0v) is 16.2. The van der Waals surface area contributed by atoms with E-state index in [9.17, 15) is 4.79 Å². The molecule has 2 aromatic carbocycles. The topological polar surface area (TPSA) is 69.2 Å². The summed E-state index contributed by atoms with van der Waals surface area (Å²) >= 11 is 6.14. The van der Waals surface area contributed by atoms with Gasteiger partial charge >= 0.3 is 0 Å². The van der Waals surface area contributed by atoms with Crippen LogP contribution in [-0.4, -0.2) is 25.5 Å². The molecule has 0 aromatic heterocycles. The molecule has 0 aliphatic carbocycles. The highest BCUT2D eigenvalue weighted by atomic mass is 35.5. The molecule has 1 aliphatic heterocycles. The molecule has 3 rings (SSSR count). The summed E-state index contributed by atoms with van der Waals surface area (Å²) in [6.07, 6.45) is 1.44. The van der Waals surface area contributed by atoms with E-state index in [1.165, 1.54) is 11.8 Å². The van der Waals surface area contributed by atoms with Crippen LogP contribution in [-0.2, 0) is 10.2 Å². The van der Waals surface area contributed by atoms with Crippen molar-refractivity contribution in [2.24, 2.45) is 5.10 Å². The van der Waals surface area contributed by atoms with Crippen LogP contribution in [0, 0.1) is 0 Å². The fourth-order valence-corrected chi connectivity index (χ4v) is 2.64. The lowest BCUT2D eigenvalue weighted by atomic mass is 9.87. The van der Waals surface area contributed by atoms with Crippen molar-refractivity contribution in [3.63, 3.8) is 0 Å². The highest BCUT2D eigenvalue weighted by Crippen LogP contribution is 2.36. The lowest BCUT2D eigenvalue weighted by molar-refractivity contribution is -0.123. The number of benzene rings is 2. The van der Waals surface area contributed by atoms with E-state index in [1.54, 1.807) is 12.1 Å². The lowest BCUT2D eigenvalue weighted by Crippen LogP contribution is -2.24. The summed E-state index contributed by atoms with van der Waals surface area (Å²) in [5.74, 6) is 1.44. The summed E-state index contributed by atoms with van der Waals surface area (Å²) in [7, 11) is 0. The molecule has 0 atom stereocenters. The molecule has 0 spiro atoms. The number of halogens is 1. The molecule has 0 fully saturated rings. The largest absolute Gasteiger partial charge is 0.484 e. The number of carbonyl (C=O) groups excluding carboxylic acids is 1. The second-order valence-electron chi connectivity index (χ2n) is 7.08. The van der Waals surface area contributed by atoms with Crippen LogP contribution < -0.4 is 19.6 Å². The number of hydrazone groups is 1. The SMILES string of the molecule is CC(C)(C)c1ccc(OCC(=O)NN=Cc2cc3c(cc2Cl)OCO3)cc1. The molecule has 1 amide bonds. The summed E-state index contributed by atoms with van der Waals surface area (Å²) in [5, 5.41) is 4.35. The van der Waals surface area contributed by atoms with Crippen molar-refractivity contribution in [3.8, 4) is 17.2 Å². The Morgan fingerprint density at radius 2 is 1.89 bits per heavy atom. The van der Waals surface area contributed by atoms with E-state index >= 15 is 0 Å². The van der Waals surface area contributed by atoms with Gasteiger partial charge in [0.1, 0.15) is 5.75 Å². The third-order valence-electron chi connectivity index (χ3n) is 3.98. The van der Waals surface area contributed by atoms with Crippen LogP contribution in [0.15, 0.2) is 41.5 Å². The van der Waals surface area contributed by atoms with Gasteiger partial charge in [0.2, 0.25) is 6.79 Å². The highest BCUT2D eigenvalue weighted by Gasteiger charge is 2.16. The number of nitrogens with zero attached hydrogens (tertiary/aromatic N) is 1. The fourth-order valence-electron chi connectivity index (χ4n) is 2.44. The van der Waals surface area contributed by atoms with Crippen molar-refractivity contribution < 1.29 is 19.0 Å². The summed E-state index contributed by atoms with van der Waals surface area (Å²) in [4.78, 5) is 11.9. The van der Waals surface area contributed by atoms with Gasteiger partial charge in [-0.3, -0.25) is 4.79 Å². The van der Waals surface area contributed by atoms with Crippen LogP contribution in [0.3, 0.4) is 0 Å². The van der Waals surface area contributed by atoms with E-state index in [0.717, 1.165) is 0 Å². The van der Waals surface area contributed by atoms with Crippen molar-refractivity contribution in [2.45, 2.75) is 26.2 Å². The van der Waals surface area contributed by atoms with Crippen LogP contribution in [0.2, 0.25) is 5.02 Å². The Balaban J connectivity index is 1.51. The third-order valence-corrected chi connectivity index (χ3v) is 4.30. The monoisotopic (exact) mass is 388 g/mol. The fraction of sp³-hybridized carbons (Fsp3) is 0.300. The second kappa shape index (κ2) is 7.88. The van der Waals surface area contributed by atoms with E-state index in [0.29, 0.717) is 27.8 Å². The number of ether oxygens (including phenoxy) is 3. The molecule has 0 saturated heterocycles. The summed E-state index contributed by atoms with van der Waals surface area (Å²) in [5.41, 5.74) is 4.29. The minimum Gasteiger partial charge on any atom is -0.484 e. The molecule has 1 aliphatic rings. The molecule has 0 unspecified atom stereocenters. The third kappa shape index (κ3) is 4.92. The first-order chi connectivity index (χ1) is 12.8. The minimum absolute atomic E-state index is 0.0701. The molecule has 7 heteroatoms. The lowest BCUT2D eigenvalue weighted by Gasteiger charge is -2.19. The number of hydrogen-bond donors (Lipinski definition) is 1. The van der Waals surface area contributed by atoms with E-state index in [2.05, 4.69) is 31.3 Å². The number of fused-ring (bicyclic) bond motifs is 1. The van der Waals surface area contributed by atoms with Gasteiger partial charge in [0.25, 0.3) is 5.91 Å². The van der Waals surface area contributed by atoms with Gasteiger partial charge in [-0.15, -0.1) is 0 Å². The molecule has 142 valence electrons. The van der Waals surface area contributed by atoms with Crippen LogP contribution in [0.4, 0.5) is 0 Å². The van der Waals surface area contributed by atoms with Gasteiger partial charge in [0.05, 0.1) is 11.2 Å². The van der Waals surface area contributed by atoms with Crippen LogP contribution >= 0.6 is 11.6 Å². The molecule has 0 bridgehead atoms. The van der Waals surface area contributed by atoms with Crippen LogP contribution in [0.25, 0.3) is 0 Å². The van der Waals surface area contributed by atoms with E-state index in [4.69, 9.17) is 25.8 Å². The van der Waals surface area contributed by atoms with E-state index in [-0.39, 0.29) is 24.7 Å². The maximum atomic E-state index is 11.9. The molecule has 1 N–H and O–H groups in total. The molecule has 2 aromatic rings. The predicted octanol–water partition coefficient (Wildman–Crippen LogP) is 3.90. The van der Waals surface area contributed by atoms with Gasteiger partial charge in [0, 0.05) is 11.6 Å². The van der Waals surface area contributed by atoms with Gasteiger partial charge in [-0.05, 0) is 29.2 Å². The molecular weight excluding hydrogens is 368 g/mol. The summed E-state index contributed by atoms with van der Waals surface area (Å²) < 4.78 is 16.0. The van der Waals surface area contributed by atoms with Crippen LogP contribution in [0.1, 0.15) is 31.9 Å². The van der Waals surface area contributed by atoms with Crippen molar-refractivity contribution in [3.05, 3.63) is 52.5 Å². The maximum absolute atomic E-state index is 11.9. The average molecular weight is 389 g/mol. The Hall–Kier alpha value is -2.73. The first kappa shape index (κ1) is 19.0. The standard InChI is InChI=1S/C20H21ClN2O4/c1-20(2,3)14-4-6-15(7-5-14)25-11-19(24)23-22-10-13-8-17-18(9-16(13)21)27-12-26-17/h4-10H,11-12H2,1-3H3,(H,23,24). The predicted molar refractivity (Wildman–Crippen MR) is 104 cm³/mol. The first-order valence-electron chi connectivity index (χ1n) is 8.47. The van der Waals surface area contributed by atoms with Gasteiger partial charge in [-0.25, -0.2) is 5.43 Å². The number of amides is 1. The first-order valence-corrected chi connectivity index (χ1v) is 8.85. The zero-order chi connectivity index (χ0) is 19.4. The van der Waals surface area contributed by atoms with Gasteiger partial charge < -0.3 is 14.2 Å². The number of carbonyl (C=O) groups is 1. The molecule has 6 nitrogen and oxygen atoms in total. The van der Waals surface area contributed by atoms with Crippen molar-refractivity contribution in [1.29, 1.82) is 0 Å². The van der Waals surface area contributed by atoms with Crippen molar-refractivity contribution in [1.82, 2.24) is 5.43 Å². The molecule has 0 radical (unpaired) electrons. The summed E-state index contributed by atoms with van der Waals surface area (Å²) in [6, 6.07) is 11.0. The normalized spacial score (nSPS) is 13.0. The van der Waals surface area contributed by atoms with E-state index < -0.39 is 0 Å². The quantitative estimate of drug-likeness (QED) is 0.623. The van der Waals surface area contributed by atoms with Crippen molar-refractivity contribution >= 4 is 23.7 Å². The van der Waals surface area contributed by atoms with Gasteiger partial charge in [-0.2, -0.15) is 5.10 Å². The Labute approximate surface area is 163 Å². The van der Waals surface area contributed by atoms with Gasteiger partial charge in [0.15, 0.2) is 18.1 Å². The summed E-state index contributed by atoms with van der Waals surface area (Å²) in [6.45, 7) is 6.44. The van der Waals surface area contributed by atoms with E-state index in [1.807, 2.05) is 24.3 Å². The molecular formula is C20H21ClN2O4. The smallest absolute Gasteiger partial charge is 0.277 e. The number of hydrogen-bond acceptors (Lipinski definition) is 5. The number of rotatable bonds is 5. The highest BCUT2D eigenvalue weighted by molar-refractivity contribution is 6.33. The maximum Gasteiger partial charge on any atom is 0.277 e. The Morgan fingerprint density at radius 1 is 1.22 bits per heavy atom. The molecule has 1 heterocycles. The molecule has 27 heavy (non-hydrogen) atoms. The van der Waals surface area contributed by atoms with Crippen LogP contribution in [0.5, 0.6) is 17.2 Å². The number of nitrogens with one attached hydrogen (secondary N) is 1. The Bertz CT molecular complexity index is 858. The van der Waals surface area contributed by atoms with Gasteiger partial charge in [-0.1, -0.05) is 44.5 Å². The van der Waals surface area contributed by atoms with Crippen molar-refractivity contribution in [2.75, 3.05) is 13.4 Å². The Morgan fingerprint density at radius 3 is 2.56 bits per heavy atom. The molecule has 0 saturated carbocycles. The average Bonchev–Trinajstić information content (AvgIpc) is 3.07.